The van der Waals surface area contributed by atoms with Gasteiger partial charge in [0.15, 0.2) is 0 Å². The van der Waals surface area contributed by atoms with Crippen LogP contribution in [0.4, 0.5) is 5.69 Å². The van der Waals surface area contributed by atoms with Gasteiger partial charge >= 0.3 is 0 Å². The number of anilines is 1. The monoisotopic (exact) mass is 284 g/mol. The fourth-order valence-corrected chi connectivity index (χ4v) is 2.96. The zero-order valence-electron chi connectivity index (χ0n) is 12.2. The molecule has 110 valence electrons. The van der Waals surface area contributed by atoms with Crippen molar-refractivity contribution in [3.63, 3.8) is 0 Å². The lowest BCUT2D eigenvalue weighted by Gasteiger charge is -2.25. The maximum atomic E-state index is 12.4. The number of aromatic nitrogens is 2. The van der Waals surface area contributed by atoms with E-state index < -0.39 is 0 Å². The molecule has 1 amide bonds. The van der Waals surface area contributed by atoms with Crippen LogP contribution in [0.15, 0.2) is 30.5 Å². The van der Waals surface area contributed by atoms with Crippen molar-refractivity contribution in [1.82, 2.24) is 15.1 Å². The highest BCUT2D eigenvalue weighted by Crippen LogP contribution is 2.21. The lowest BCUT2D eigenvalue weighted by Crippen LogP contribution is -2.40. The predicted octanol–water partition coefficient (Wildman–Crippen LogP) is 1.77. The van der Waals surface area contributed by atoms with Crippen LogP contribution in [0.3, 0.4) is 0 Å². The van der Waals surface area contributed by atoms with Crippen LogP contribution in [0.1, 0.15) is 35.0 Å². The number of nitrogens with zero attached hydrogens (tertiary/aromatic N) is 2. The first kappa shape index (κ1) is 13.7. The largest absolute Gasteiger partial charge is 0.396 e. The van der Waals surface area contributed by atoms with Gasteiger partial charge in [-0.15, -0.1) is 0 Å². The molecular weight excluding hydrogens is 264 g/mol. The van der Waals surface area contributed by atoms with E-state index in [-0.39, 0.29) is 11.9 Å². The summed E-state index contributed by atoms with van der Waals surface area (Å²) in [6, 6.07) is 8.58. The normalized spacial score (nSPS) is 17.3. The van der Waals surface area contributed by atoms with Crippen LogP contribution >= 0.6 is 0 Å². The number of benzene rings is 1. The molecule has 3 N–H and O–H groups in total. The minimum absolute atomic E-state index is 0.128. The summed E-state index contributed by atoms with van der Waals surface area (Å²) in [7, 11) is 0. The molecule has 0 radical (unpaired) electrons. The number of hydrogen-bond acceptors (Lipinski definition) is 3. The molecule has 0 fully saturated rings. The van der Waals surface area contributed by atoms with E-state index in [0.29, 0.717) is 17.9 Å². The number of rotatable bonds is 3. The second-order valence-electron chi connectivity index (χ2n) is 5.45. The molecule has 1 unspecified atom stereocenters. The van der Waals surface area contributed by atoms with Gasteiger partial charge < -0.3 is 11.1 Å². The van der Waals surface area contributed by atoms with Gasteiger partial charge in [0.25, 0.3) is 5.91 Å². The van der Waals surface area contributed by atoms with E-state index in [2.05, 4.69) is 28.6 Å². The van der Waals surface area contributed by atoms with E-state index in [1.807, 2.05) is 13.0 Å². The molecule has 5 nitrogen and oxygen atoms in total. The summed E-state index contributed by atoms with van der Waals surface area (Å²) in [6.07, 6.45) is 4.38. The Morgan fingerprint density at radius 2 is 2.19 bits per heavy atom. The van der Waals surface area contributed by atoms with Crippen molar-refractivity contribution in [3.8, 4) is 0 Å². The number of fused-ring (bicyclic) bond motifs is 1. The lowest BCUT2D eigenvalue weighted by atomic mass is 9.88. The number of carbonyl (C=O) groups is 1. The smallest absolute Gasteiger partial charge is 0.271 e. The van der Waals surface area contributed by atoms with Crippen LogP contribution in [0.2, 0.25) is 0 Å². The second kappa shape index (κ2) is 5.60. The van der Waals surface area contributed by atoms with Crippen molar-refractivity contribution < 1.29 is 4.79 Å². The summed E-state index contributed by atoms with van der Waals surface area (Å²) in [5, 5.41) is 7.21. The van der Waals surface area contributed by atoms with Gasteiger partial charge in [0, 0.05) is 12.6 Å². The van der Waals surface area contributed by atoms with Gasteiger partial charge in [-0.3, -0.25) is 9.48 Å². The number of amides is 1. The highest BCUT2D eigenvalue weighted by atomic mass is 16.2. The molecule has 0 saturated carbocycles. The second-order valence-corrected chi connectivity index (χ2v) is 5.45. The number of nitrogens with two attached hydrogens (primary N) is 1. The number of nitrogens with one attached hydrogen (secondary N) is 1. The summed E-state index contributed by atoms with van der Waals surface area (Å²) in [5.74, 6) is -0.128. The van der Waals surface area contributed by atoms with E-state index in [4.69, 9.17) is 5.73 Å². The molecule has 0 spiro atoms. The van der Waals surface area contributed by atoms with E-state index in [1.54, 1.807) is 4.68 Å². The standard InChI is InChI=1S/C16H20N4O/c1-2-20-15(14(17)10-18-20)16(21)19-13-8-7-11-5-3-4-6-12(11)9-13/h3-6,10,13H,2,7-9,17H2,1H3,(H,19,21). The van der Waals surface area contributed by atoms with Gasteiger partial charge in [-0.1, -0.05) is 24.3 Å². The fraction of sp³-hybridized carbons (Fsp3) is 0.375. The maximum absolute atomic E-state index is 12.4. The van der Waals surface area contributed by atoms with Gasteiger partial charge in [0.2, 0.25) is 0 Å². The zero-order chi connectivity index (χ0) is 14.8. The quantitative estimate of drug-likeness (QED) is 0.902. The first-order valence-corrected chi connectivity index (χ1v) is 7.38. The highest BCUT2D eigenvalue weighted by Gasteiger charge is 2.23. The number of nitrogen functional groups attached to an aromatic ring is 1. The number of aryl methyl sites for hydroxylation is 2. The molecule has 2 aromatic rings. The van der Waals surface area contributed by atoms with Crippen LogP contribution < -0.4 is 11.1 Å². The van der Waals surface area contributed by atoms with Crippen LogP contribution in [0.5, 0.6) is 0 Å². The molecule has 21 heavy (non-hydrogen) atoms. The molecule has 0 bridgehead atoms. The van der Waals surface area contributed by atoms with Gasteiger partial charge in [0.1, 0.15) is 5.69 Å². The first-order chi connectivity index (χ1) is 10.2. The lowest BCUT2D eigenvalue weighted by molar-refractivity contribution is 0.0924. The SMILES string of the molecule is CCn1ncc(N)c1C(=O)NC1CCc2ccccc2C1. The van der Waals surface area contributed by atoms with E-state index in [1.165, 1.54) is 17.3 Å². The van der Waals surface area contributed by atoms with Crippen LogP contribution in [0, 0.1) is 0 Å². The van der Waals surface area contributed by atoms with Crippen molar-refractivity contribution in [3.05, 3.63) is 47.3 Å². The summed E-state index contributed by atoms with van der Waals surface area (Å²) in [5.41, 5.74) is 9.47. The molecule has 1 heterocycles. The fourth-order valence-electron chi connectivity index (χ4n) is 2.96. The van der Waals surface area contributed by atoms with E-state index >= 15 is 0 Å². The maximum Gasteiger partial charge on any atom is 0.271 e. The van der Waals surface area contributed by atoms with E-state index in [0.717, 1.165) is 19.3 Å². The topological polar surface area (TPSA) is 72.9 Å². The minimum Gasteiger partial charge on any atom is -0.396 e. The Kier molecular flexibility index (Phi) is 3.64. The van der Waals surface area contributed by atoms with Crippen LogP contribution in [-0.4, -0.2) is 21.7 Å². The molecule has 0 aliphatic heterocycles. The van der Waals surface area contributed by atoms with Gasteiger partial charge in [-0.2, -0.15) is 5.10 Å². The van der Waals surface area contributed by atoms with Gasteiger partial charge in [-0.05, 0) is 37.3 Å². The Morgan fingerprint density at radius 1 is 1.43 bits per heavy atom. The van der Waals surface area contributed by atoms with Gasteiger partial charge in [-0.25, -0.2) is 0 Å². The summed E-state index contributed by atoms with van der Waals surface area (Å²) >= 11 is 0. The van der Waals surface area contributed by atoms with Crippen LogP contribution in [-0.2, 0) is 19.4 Å². The van der Waals surface area contributed by atoms with Crippen LogP contribution in [0.25, 0.3) is 0 Å². The zero-order valence-corrected chi connectivity index (χ0v) is 12.2. The molecule has 1 atom stereocenters. The summed E-state index contributed by atoms with van der Waals surface area (Å²) in [6.45, 7) is 2.58. The predicted molar refractivity (Wildman–Crippen MR) is 82.0 cm³/mol. The van der Waals surface area contributed by atoms with Crippen molar-refractivity contribution in [2.45, 2.75) is 38.8 Å². The Hall–Kier alpha value is -2.30. The molecule has 1 aliphatic carbocycles. The molecule has 1 aromatic heterocycles. The Balaban J connectivity index is 1.73. The van der Waals surface area contributed by atoms with Gasteiger partial charge in [0.05, 0.1) is 11.9 Å². The van der Waals surface area contributed by atoms with Crippen molar-refractivity contribution in [2.24, 2.45) is 0 Å². The molecule has 3 rings (SSSR count). The molecule has 1 aromatic carbocycles. The Morgan fingerprint density at radius 3 is 2.95 bits per heavy atom. The third kappa shape index (κ3) is 2.63. The molecule has 0 saturated heterocycles. The molecule has 5 heteroatoms. The summed E-state index contributed by atoms with van der Waals surface area (Å²) < 4.78 is 1.64. The first-order valence-electron chi connectivity index (χ1n) is 7.38. The third-order valence-electron chi connectivity index (χ3n) is 4.06. The highest BCUT2D eigenvalue weighted by molar-refractivity contribution is 5.97. The molecule has 1 aliphatic rings. The third-order valence-corrected chi connectivity index (χ3v) is 4.06. The average molecular weight is 284 g/mol. The summed E-state index contributed by atoms with van der Waals surface area (Å²) in [4.78, 5) is 12.4. The van der Waals surface area contributed by atoms with Crippen molar-refractivity contribution in [2.75, 3.05) is 5.73 Å². The number of hydrogen-bond donors (Lipinski definition) is 2. The van der Waals surface area contributed by atoms with Crippen molar-refractivity contribution in [1.29, 1.82) is 0 Å². The minimum atomic E-state index is -0.128. The van der Waals surface area contributed by atoms with Crippen molar-refractivity contribution >= 4 is 11.6 Å². The van der Waals surface area contributed by atoms with E-state index in [9.17, 15) is 4.79 Å². The average Bonchev–Trinajstić information content (AvgIpc) is 2.88. The Labute approximate surface area is 124 Å². The number of carbonyl (C=O) groups excluding carboxylic acids is 1. The molecular formula is C16H20N4O. The Bertz CT molecular complexity index is 662.